The average molecular weight is 550 g/mol. The van der Waals surface area contributed by atoms with Crippen molar-refractivity contribution in [3.63, 3.8) is 0 Å². The molecule has 0 amide bonds. The number of nitrogens with two attached hydrogens (primary N) is 1. The highest BCUT2D eigenvalue weighted by atomic mass is 19.4. The van der Waals surface area contributed by atoms with E-state index in [2.05, 4.69) is 4.74 Å². The lowest BCUT2D eigenvalue weighted by molar-refractivity contribution is -0.274. The number of para-hydroxylation sites is 2. The quantitative estimate of drug-likeness (QED) is 0.420. The maximum absolute atomic E-state index is 13.3. The van der Waals surface area contributed by atoms with Crippen LogP contribution in [-0.4, -0.2) is 32.5 Å². The minimum absolute atomic E-state index is 0.00995. The molecule has 3 aromatic carbocycles. The third-order valence-electron chi connectivity index (χ3n) is 6.16. The van der Waals surface area contributed by atoms with Gasteiger partial charge >= 0.3 is 18.3 Å². The van der Waals surface area contributed by atoms with Gasteiger partial charge in [0.1, 0.15) is 17.3 Å². The fraction of sp³-hybridized carbons (Fsp3) is 0.138. The van der Waals surface area contributed by atoms with E-state index >= 15 is 0 Å². The van der Waals surface area contributed by atoms with Crippen molar-refractivity contribution in [2.24, 2.45) is 5.73 Å². The maximum Gasteiger partial charge on any atom is 0.573 e. The first kappa shape index (κ1) is 27.8. The summed E-state index contributed by atoms with van der Waals surface area (Å²) in [6, 6.07) is 21.9. The van der Waals surface area contributed by atoms with Gasteiger partial charge in [-0.25, -0.2) is 9.59 Å². The van der Waals surface area contributed by atoms with E-state index in [1.54, 1.807) is 42.5 Å². The third kappa shape index (κ3) is 5.19. The van der Waals surface area contributed by atoms with E-state index in [-0.39, 0.29) is 39.5 Å². The Morgan fingerprint density at radius 2 is 1.45 bits per heavy atom. The van der Waals surface area contributed by atoms with Gasteiger partial charge in [-0.2, -0.15) is 5.26 Å². The summed E-state index contributed by atoms with van der Waals surface area (Å²) in [6.45, 7) is 0. The molecule has 0 saturated carbocycles. The maximum atomic E-state index is 13.3. The fourth-order valence-electron chi connectivity index (χ4n) is 4.56. The van der Waals surface area contributed by atoms with Crippen molar-refractivity contribution in [1.29, 1.82) is 5.26 Å². The molecule has 4 rings (SSSR count). The Morgan fingerprint density at radius 1 is 0.875 bits per heavy atom. The Balaban J connectivity index is 2.07. The zero-order chi connectivity index (χ0) is 29.0. The number of allylic oxidation sites excluding steroid dienone is 1. The number of methoxy groups -OCH3 is 2. The Labute approximate surface area is 227 Å². The van der Waals surface area contributed by atoms with E-state index in [0.717, 1.165) is 25.2 Å². The van der Waals surface area contributed by atoms with Gasteiger partial charge in [0.15, 0.2) is 0 Å². The Bertz CT molecular complexity index is 1560. The number of rotatable bonds is 6. The van der Waals surface area contributed by atoms with Crippen LogP contribution in [0, 0.1) is 11.3 Å². The molecule has 0 fully saturated rings. The highest BCUT2D eigenvalue weighted by Crippen LogP contribution is 2.46. The number of esters is 2. The number of nitrogens with zero attached hydrogens (tertiary/aromatic N) is 2. The van der Waals surface area contributed by atoms with E-state index < -0.39 is 30.0 Å². The van der Waals surface area contributed by atoms with Gasteiger partial charge in [0.05, 0.1) is 43.0 Å². The van der Waals surface area contributed by atoms with Crippen LogP contribution in [0.4, 0.5) is 18.9 Å². The van der Waals surface area contributed by atoms with Crippen molar-refractivity contribution >= 4 is 17.6 Å². The molecule has 0 aromatic heterocycles. The number of hydrogen-bond acceptors (Lipinski definition) is 8. The van der Waals surface area contributed by atoms with E-state index in [9.17, 15) is 28.0 Å². The van der Waals surface area contributed by atoms with Crippen LogP contribution in [0.3, 0.4) is 0 Å². The molecule has 11 heteroatoms. The van der Waals surface area contributed by atoms with Crippen LogP contribution in [0.5, 0.6) is 5.75 Å². The van der Waals surface area contributed by atoms with Gasteiger partial charge in [-0.15, -0.1) is 13.2 Å². The van der Waals surface area contributed by atoms with Crippen LogP contribution in [0.25, 0.3) is 11.1 Å². The van der Waals surface area contributed by atoms with Gasteiger partial charge < -0.3 is 19.9 Å². The van der Waals surface area contributed by atoms with E-state index in [1.165, 1.54) is 30.3 Å². The molecule has 40 heavy (non-hydrogen) atoms. The predicted octanol–water partition coefficient (Wildman–Crippen LogP) is 5.15. The van der Waals surface area contributed by atoms with E-state index in [0.29, 0.717) is 5.56 Å². The zero-order valence-corrected chi connectivity index (χ0v) is 21.2. The minimum atomic E-state index is -4.99. The third-order valence-corrected chi connectivity index (χ3v) is 6.16. The second kappa shape index (κ2) is 11.2. The van der Waals surface area contributed by atoms with Crippen molar-refractivity contribution in [3.8, 4) is 22.9 Å². The SMILES string of the molecule is COC(=O)C1=C(C(=O)OC)N(c2ccccc2-c2ccccc2OC(F)(F)F)C(N)=C(C#N)C1c1ccccc1. The van der Waals surface area contributed by atoms with Gasteiger partial charge in [0.2, 0.25) is 0 Å². The molecule has 0 spiro atoms. The number of carbonyl (C=O) groups excluding carboxylic acids is 2. The topological polar surface area (TPSA) is 115 Å². The summed E-state index contributed by atoms with van der Waals surface area (Å²) in [4.78, 5) is 27.7. The average Bonchev–Trinajstić information content (AvgIpc) is 2.95. The Kier molecular flexibility index (Phi) is 7.81. The van der Waals surface area contributed by atoms with Crippen molar-refractivity contribution in [2.75, 3.05) is 19.1 Å². The molecular weight excluding hydrogens is 527 g/mol. The van der Waals surface area contributed by atoms with Crippen molar-refractivity contribution < 1.29 is 37.0 Å². The van der Waals surface area contributed by atoms with Crippen molar-refractivity contribution in [3.05, 3.63) is 107 Å². The molecule has 3 aromatic rings. The van der Waals surface area contributed by atoms with Crippen LogP contribution in [0.15, 0.2) is 102 Å². The smallest absolute Gasteiger partial charge is 0.466 e. The first-order valence-corrected chi connectivity index (χ1v) is 11.7. The van der Waals surface area contributed by atoms with Crippen LogP contribution in [0.1, 0.15) is 11.5 Å². The van der Waals surface area contributed by atoms with Crippen LogP contribution in [-0.2, 0) is 19.1 Å². The van der Waals surface area contributed by atoms with Crippen molar-refractivity contribution in [1.82, 2.24) is 0 Å². The molecular formula is C29H22F3N3O5. The number of ether oxygens (including phenoxy) is 3. The zero-order valence-electron chi connectivity index (χ0n) is 21.2. The monoisotopic (exact) mass is 549 g/mol. The minimum Gasteiger partial charge on any atom is -0.466 e. The molecule has 1 unspecified atom stereocenters. The van der Waals surface area contributed by atoms with E-state index in [1.807, 2.05) is 6.07 Å². The van der Waals surface area contributed by atoms with Gasteiger partial charge in [0.25, 0.3) is 0 Å². The molecule has 1 aliphatic rings. The van der Waals surface area contributed by atoms with Crippen molar-refractivity contribution in [2.45, 2.75) is 12.3 Å². The Morgan fingerprint density at radius 3 is 2.05 bits per heavy atom. The molecule has 2 N–H and O–H groups in total. The number of hydrogen-bond donors (Lipinski definition) is 1. The number of benzene rings is 3. The van der Waals surface area contributed by atoms with Crippen LogP contribution in [0.2, 0.25) is 0 Å². The van der Waals surface area contributed by atoms with Gasteiger partial charge in [0, 0.05) is 11.1 Å². The van der Waals surface area contributed by atoms with Gasteiger partial charge in [-0.3, -0.25) is 4.90 Å². The van der Waals surface area contributed by atoms with E-state index in [4.69, 9.17) is 15.2 Å². The molecule has 0 bridgehead atoms. The van der Waals surface area contributed by atoms with Gasteiger partial charge in [-0.05, 0) is 17.7 Å². The summed E-state index contributed by atoms with van der Waals surface area (Å²) < 4.78 is 54.0. The van der Waals surface area contributed by atoms with Gasteiger partial charge in [-0.1, -0.05) is 66.7 Å². The molecule has 1 atom stereocenters. The summed E-state index contributed by atoms with van der Waals surface area (Å²) >= 11 is 0. The molecule has 0 saturated heterocycles. The summed E-state index contributed by atoms with van der Waals surface area (Å²) in [5, 5.41) is 10.2. The molecule has 1 heterocycles. The molecule has 1 aliphatic heterocycles. The lowest BCUT2D eigenvalue weighted by Gasteiger charge is -2.36. The second-order valence-corrected chi connectivity index (χ2v) is 8.40. The number of alkyl halides is 3. The number of anilines is 1. The second-order valence-electron chi connectivity index (χ2n) is 8.40. The fourth-order valence-corrected chi connectivity index (χ4v) is 4.56. The number of halogens is 3. The summed E-state index contributed by atoms with van der Waals surface area (Å²) in [7, 11) is 2.21. The van der Waals surface area contributed by atoms with Crippen LogP contribution >= 0.6 is 0 Å². The normalized spacial score (nSPS) is 15.4. The number of carbonyl (C=O) groups is 2. The standard InChI is InChI=1S/C29H22F3N3O5/c1-38-27(36)24-23(17-10-4-3-5-11-17)20(16-33)26(34)35(25(24)28(37)39-2)21-14-8-6-12-18(21)19-13-7-9-15-22(19)40-29(30,31)32/h3-15,23H,34H2,1-2H3. The first-order valence-electron chi connectivity index (χ1n) is 11.7. The lowest BCUT2D eigenvalue weighted by Crippen LogP contribution is -2.41. The highest BCUT2D eigenvalue weighted by molar-refractivity contribution is 6.07. The summed E-state index contributed by atoms with van der Waals surface area (Å²) in [6.07, 6.45) is -4.99. The summed E-state index contributed by atoms with van der Waals surface area (Å²) in [5.74, 6) is -3.77. The Hall–Kier alpha value is -5.24. The first-order chi connectivity index (χ1) is 19.1. The molecule has 8 nitrogen and oxygen atoms in total. The summed E-state index contributed by atoms with van der Waals surface area (Å²) in [5.41, 5.74) is 6.58. The molecule has 0 aliphatic carbocycles. The highest BCUT2D eigenvalue weighted by Gasteiger charge is 2.43. The predicted molar refractivity (Wildman–Crippen MR) is 138 cm³/mol. The number of nitriles is 1. The van der Waals surface area contributed by atoms with Crippen LogP contribution < -0.4 is 15.4 Å². The molecule has 204 valence electrons. The lowest BCUT2D eigenvalue weighted by atomic mass is 9.80. The molecule has 0 radical (unpaired) electrons. The largest absolute Gasteiger partial charge is 0.573 e.